The maximum Gasteiger partial charge on any atom is 0.216 e. The fraction of sp³-hybridized carbons (Fsp3) is 0.909. The van der Waals surface area contributed by atoms with E-state index in [9.17, 15) is 4.79 Å². The van der Waals surface area contributed by atoms with E-state index in [1.165, 1.54) is 32.6 Å². The van der Waals surface area contributed by atoms with Crippen molar-refractivity contribution in [1.82, 2.24) is 10.2 Å². The molecule has 1 aliphatic carbocycles. The van der Waals surface area contributed by atoms with Crippen LogP contribution in [-0.4, -0.2) is 48.2 Å². The van der Waals surface area contributed by atoms with Gasteiger partial charge in [-0.05, 0) is 12.8 Å². The standard InChI is InChI=1S/C11H22N2O2/c1-10(15)12-6-7-13(8-9-14)11-4-2-3-5-11/h11,14H,2-9H2,1H3,(H,12,15). The predicted octanol–water partition coefficient (Wildman–Crippen LogP) is 0.359. The van der Waals surface area contributed by atoms with Crippen LogP contribution < -0.4 is 5.32 Å². The highest BCUT2D eigenvalue weighted by Crippen LogP contribution is 2.22. The van der Waals surface area contributed by atoms with Crippen molar-refractivity contribution in [1.29, 1.82) is 0 Å². The van der Waals surface area contributed by atoms with Gasteiger partial charge in [0.1, 0.15) is 0 Å². The second-order valence-corrected chi connectivity index (χ2v) is 4.18. The molecule has 0 aromatic heterocycles. The Labute approximate surface area is 91.6 Å². The molecule has 1 amide bonds. The summed E-state index contributed by atoms with van der Waals surface area (Å²) < 4.78 is 0. The van der Waals surface area contributed by atoms with Gasteiger partial charge in [-0.2, -0.15) is 0 Å². The highest BCUT2D eigenvalue weighted by Gasteiger charge is 2.21. The maximum atomic E-state index is 10.7. The van der Waals surface area contributed by atoms with Crippen molar-refractivity contribution in [3.8, 4) is 0 Å². The lowest BCUT2D eigenvalue weighted by Crippen LogP contribution is -2.41. The van der Waals surface area contributed by atoms with Crippen LogP contribution in [-0.2, 0) is 4.79 Å². The first-order chi connectivity index (χ1) is 7.24. The van der Waals surface area contributed by atoms with Gasteiger partial charge in [-0.25, -0.2) is 0 Å². The minimum Gasteiger partial charge on any atom is -0.395 e. The molecule has 0 aromatic rings. The van der Waals surface area contributed by atoms with E-state index in [1.54, 1.807) is 0 Å². The molecule has 1 aliphatic rings. The van der Waals surface area contributed by atoms with Crippen molar-refractivity contribution in [2.45, 2.75) is 38.6 Å². The highest BCUT2D eigenvalue weighted by molar-refractivity contribution is 5.72. The van der Waals surface area contributed by atoms with E-state index in [-0.39, 0.29) is 12.5 Å². The summed E-state index contributed by atoms with van der Waals surface area (Å²) in [7, 11) is 0. The van der Waals surface area contributed by atoms with E-state index in [0.29, 0.717) is 12.6 Å². The Morgan fingerprint density at radius 1 is 1.40 bits per heavy atom. The van der Waals surface area contributed by atoms with Crippen LogP contribution in [0.4, 0.5) is 0 Å². The molecule has 0 aliphatic heterocycles. The number of aliphatic hydroxyl groups is 1. The van der Waals surface area contributed by atoms with Crippen LogP contribution in [0.15, 0.2) is 0 Å². The van der Waals surface area contributed by atoms with Crippen LogP contribution in [0, 0.1) is 0 Å². The quantitative estimate of drug-likeness (QED) is 0.671. The van der Waals surface area contributed by atoms with Crippen molar-refractivity contribution < 1.29 is 9.90 Å². The molecule has 1 saturated carbocycles. The average Bonchev–Trinajstić information content (AvgIpc) is 2.68. The molecule has 0 bridgehead atoms. The molecular formula is C11H22N2O2. The van der Waals surface area contributed by atoms with Gasteiger partial charge >= 0.3 is 0 Å². The molecule has 0 spiro atoms. The van der Waals surface area contributed by atoms with Gasteiger partial charge in [0.25, 0.3) is 0 Å². The second kappa shape index (κ2) is 6.80. The Kier molecular flexibility index (Phi) is 5.65. The van der Waals surface area contributed by atoms with Crippen molar-refractivity contribution >= 4 is 5.91 Å². The Morgan fingerprint density at radius 2 is 2.07 bits per heavy atom. The van der Waals surface area contributed by atoms with Crippen molar-refractivity contribution in [2.24, 2.45) is 0 Å². The number of nitrogens with zero attached hydrogens (tertiary/aromatic N) is 1. The molecule has 15 heavy (non-hydrogen) atoms. The summed E-state index contributed by atoms with van der Waals surface area (Å²) in [4.78, 5) is 13.0. The van der Waals surface area contributed by atoms with Crippen molar-refractivity contribution in [2.75, 3.05) is 26.2 Å². The van der Waals surface area contributed by atoms with Crippen LogP contribution in [0.1, 0.15) is 32.6 Å². The Balaban J connectivity index is 2.26. The van der Waals surface area contributed by atoms with E-state index in [4.69, 9.17) is 5.11 Å². The molecule has 1 rings (SSSR count). The van der Waals surface area contributed by atoms with Gasteiger partial charge in [0.05, 0.1) is 6.61 Å². The molecule has 1 fully saturated rings. The van der Waals surface area contributed by atoms with Crippen LogP contribution in [0.2, 0.25) is 0 Å². The topological polar surface area (TPSA) is 52.6 Å². The largest absolute Gasteiger partial charge is 0.395 e. The summed E-state index contributed by atoms with van der Waals surface area (Å²) in [5, 5.41) is 11.8. The van der Waals surface area contributed by atoms with Gasteiger partial charge in [-0.3, -0.25) is 9.69 Å². The van der Waals surface area contributed by atoms with E-state index < -0.39 is 0 Å². The highest BCUT2D eigenvalue weighted by atomic mass is 16.3. The number of carbonyl (C=O) groups excluding carboxylic acids is 1. The van der Waals surface area contributed by atoms with Crippen LogP contribution in [0.25, 0.3) is 0 Å². The van der Waals surface area contributed by atoms with Crippen LogP contribution >= 0.6 is 0 Å². The smallest absolute Gasteiger partial charge is 0.216 e. The molecule has 88 valence electrons. The molecule has 0 aromatic carbocycles. The summed E-state index contributed by atoms with van der Waals surface area (Å²) in [6, 6.07) is 0.617. The second-order valence-electron chi connectivity index (χ2n) is 4.18. The summed E-state index contributed by atoms with van der Waals surface area (Å²) in [6.45, 7) is 4.00. The van der Waals surface area contributed by atoms with Crippen molar-refractivity contribution in [3.63, 3.8) is 0 Å². The summed E-state index contributed by atoms with van der Waals surface area (Å²) in [6.07, 6.45) is 5.07. The summed E-state index contributed by atoms with van der Waals surface area (Å²) >= 11 is 0. The predicted molar refractivity (Wildman–Crippen MR) is 59.6 cm³/mol. The number of hydrogen-bond acceptors (Lipinski definition) is 3. The number of rotatable bonds is 6. The first kappa shape index (κ1) is 12.5. The molecule has 0 saturated heterocycles. The number of nitrogens with one attached hydrogen (secondary N) is 1. The van der Waals surface area contributed by atoms with E-state index >= 15 is 0 Å². The Bertz CT molecular complexity index is 191. The van der Waals surface area contributed by atoms with Gasteiger partial charge < -0.3 is 10.4 Å². The third kappa shape index (κ3) is 4.62. The van der Waals surface area contributed by atoms with Gasteiger partial charge in [0.2, 0.25) is 5.91 Å². The maximum absolute atomic E-state index is 10.7. The molecule has 4 nitrogen and oxygen atoms in total. The van der Waals surface area contributed by atoms with Gasteiger partial charge in [0.15, 0.2) is 0 Å². The number of hydrogen-bond donors (Lipinski definition) is 2. The third-order valence-electron chi connectivity index (χ3n) is 3.00. The zero-order valence-corrected chi connectivity index (χ0v) is 9.54. The molecular weight excluding hydrogens is 192 g/mol. The Hall–Kier alpha value is -0.610. The minimum absolute atomic E-state index is 0.0189. The van der Waals surface area contributed by atoms with Gasteiger partial charge in [0, 0.05) is 32.6 Å². The zero-order valence-electron chi connectivity index (χ0n) is 9.54. The lowest BCUT2D eigenvalue weighted by atomic mass is 10.2. The van der Waals surface area contributed by atoms with Gasteiger partial charge in [-0.1, -0.05) is 12.8 Å². The molecule has 0 unspecified atom stereocenters. The zero-order chi connectivity index (χ0) is 11.1. The summed E-state index contributed by atoms with van der Waals surface area (Å²) in [5.41, 5.74) is 0. The van der Waals surface area contributed by atoms with Crippen LogP contribution in [0.3, 0.4) is 0 Å². The lowest BCUT2D eigenvalue weighted by molar-refractivity contribution is -0.119. The molecule has 2 N–H and O–H groups in total. The average molecular weight is 214 g/mol. The normalized spacial score (nSPS) is 17.3. The molecule has 0 radical (unpaired) electrons. The molecule has 0 heterocycles. The fourth-order valence-electron chi connectivity index (χ4n) is 2.25. The Morgan fingerprint density at radius 3 is 2.60 bits per heavy atom. The third-order valence-corrected chi connectivity index (χ3v) is 3.00. The monoisotopic (exact) mass is 214 g/mol. The van der Waals surface area contributed by atoms with E-state index in [0.717, 1.165) is 13.1 Å². The van der Waals surface area contributed by atoms with Crippen molar-refractivity contribution in [3.05, 3.63) is 0 Å². The number of carbonyl (C=O) groups is 1. The van der Waals surface area contributed by atoms with E-state index in [1.807, 2.05) is 0 Å². The number of amides is 1. The molecule has 4 heteroatoms. The van der Waals surface area contributed by atoms with Gasteiger partial charge in [-0.15, -0.1) is 0 Å². The van der Waals surface area contributed by atoms with Crippen LogP contribution in [0.5, 0.6) is 0 Å². The minimum atomic E-state index is 0.0189. The number of aliphatic hydroxyl groups excluding tert-OH is 1. The first-order valence-corrected chi connectivity index (χ1v) is 5.83. The first-order valence-electron chi connectivity index (χ1n) is 5.83. The SMILES string of the molecule is CC(=O)NCCN(CCO)C1CCCC1. The fourth-order valence-corrected chi connectivity index (χ4v) is 2.25. The summed E-state index contributed by atoms with van der Waals surface area (Å²) in [5.74, 6) is 0.0189. The molecule has 0 atom stereocenters. The lowest BCUT2D eigenvalue weighted by Gasteiger charge is -2.27. The van der Waals surface area contributed by atoms with E-state index in [2.05, 4.69) is 10.2 Å².